The number of hydrogen-bond donors (Lipinski definition) is 2. The molecule has 0 aliphatic rings. The molecule has 0 saturated heterocycles. The van der Waals surface area contributed by atoms with Crippen LogP contribution in [-0.2, 0) is 12.8 Å². The maximum Gasteiger partial charge on any atom is 0.129 e. The van der Waals surface area contributed by atoms with Crippen molar-refractivity contribution in [2.24, 2.45) is 0 Å². The fourth-order valence-electron chi connectivity index (χ4n) is 2.27. The van der Waals surface area contributed by atoms with Crippen LogP contribution in [0.15, 0.2) is 17.0 Å². The summed E-state index contributed by atoms with van der Waals surface area (Å²) < 4.78 is 0. The van der Waals surface area contributed by atoms with Gasteiger partial charge in [-0.1, -0.05) is 45.6 Å². The van der Waals surface area contributed by atoms with Gasteiger partial charge in [0.2, 0.25) is 0 Å². The van der Waals surface area contributed by atoms with Crippen LogP contribution in [0.3, 0.4) is 0 Å². The van der Waals surface area contributed by atoms with Gasteiger partial charge in [-0.25, -0.2) is 0 Å². The number of aryl methyl sites for hydroxylation is 1. The standard InChI is InChI=1S/C16H26OS/c1-3-5-7-8-10-14-13(9-6-4-2)11-12-15(17)16(14)18/h11-12,17-18H,3-10H2,1-2H3. The monoisotopic (exact) mass is 266 g/mol. The van der Waals surface area contributed by atoms with Gasteiger partial charge in [0.25, 0.3) is 0 Å². The molecule has 0 saturated carbocycles. The molecule has 1 nitrogen and oxygen atoms in total. The third-order valence-corrected chi connectivity index (χ3v) is 3.94. The summed E-state index contributed by atoms with van der Waals surface area (Å²) in [5, 5.41) is 9.78. The summed E-state index contributed by atoms with van der Waals surface area (Å²) in [6, 6.07) is 3.85. The highest BCUT2D eigenvalue weighted by Crippen LogP contribution is 2.30. The van der Waals surface area contributed by atoms with E-state index in [1.54, 1.807) is 6.07 Å². The number of rotatable bonds is 8. The Balaban J connectivity index is 2.73. The quantitative estimate of drug-likeness (QED) is 0.493. The first-order chi connectivity index (χ1) is 8.70. The van der Waals surface area contributed by atoms with Crippen LogP contribution in [0, 0.1) is 0 Å². The smallest absolute Gasteiger partial charge is 0.129 e. The second-order valence-corrected chi connectivity index (χ2v) is 5.43. The van der Waals surface area contributed by atoms with E-state index in [4.69, 9.17) is 0 Å². The molecule has 0 spiro atoms. The number of aromatic hydroxyl groups is 1. The molecule has 0 aliphatic heterocycles. The summed E-state index contributed by atoms with van der Waals surface area (Å²) in [7, 11) is 0. The van der Waals surface area contributed by atoms with Crippen LogP contribution in [0.5, 0.6) is 5.75 Å². The molecule has 0 unspecified atom stereocenters. The van der Waals surface area contributed by atoms with Crippen molar-refractivity contribution in [3.05, 3.63) is 23.3 Å². The van der Waals surface area contributed by atoms with Crippen molar-refractivity contribution in [1.29, 1.82) is 0 Å². The summed E-state index contributed by atoms with van der Waals surface area (Å²) in [5.41, 5.74) is 2.64. The number of phenols is 1. The van der Waals surface area contributed by atoms with Gasteiger partial charge >= 0.3 is 0 Å². The van der Waals surface area contributed by atoms with Crippen molar-refractivity contribution in [2.45, 2.75) is 70.1 Å². The molecular weight excluding hydrogens is 240 g/mol. The number of phenolic OH excluding ortho intramolecular Hbond substituents is 1. The Labute approximate surface area is 117 Å². The Morgan fingerprint density at radius 1 is 0.944 bits per heavy atom. The molecule has 1 N–H and O–H groups in total. The molecule has 1 aromatic carbocycles. The van der Waals surface area contributed by atoms with E-state index in [1.165, 1.54) is 49.7 Å². The number of benzene rings is 1. The summed E-state index contributed by atoms with van der Waals surface area (Å²) in [4.78, 5) is 0.792. The highest BCUT2D eigenvalue weighted by Gasteiger charge is 2.09. The molecule has 0 aliphatic carbocycles. The first-order valence-electron chi connectivity index (χ1n) is 7.23. The van der Waals surface area contributed by atoms with Crippen LogP contribution in [0.1, 0.15) is 63.5 Å². The molecule has 0 fully saturated rings. The number of unbranched alkanes of at least 4 members (excludes halogenated alkanes) is 4. The summed E-state index contributed by atoms with van der Waals surface area (Å²) in [6.07, 6.45) is 9.59. The van der Waals surface area contributed by atoms with E-state index < -0.39 is 0 Å². The molecule has 2 heteroatoms. The average Bonchev–Trinajstić information content (AvgIpc) is 2.38. The third kappa shape index (κ3) is 4.56. The number of hydrogen-bond acceptors (Lipinski definition) is 2. The van der Waals surface area contributed by atoms with Gasteiger partial charge < -0.3 is 5.11 Å². The summed E-state index contributed by atoms with van der Waals surface area (Å²) in [5.74, 6) is 0.323. The van der Waals surface area contributed by atoms with E-state index >= 15 is 0 Å². The van der Waals surface area contributed by atoms with Crippen LogP contribution in [0.2, 0.25) is 0 Å². The van der Waals surface area contributed by atoms with Gasteiger partial charge in [-0.05, 0) is 42.9 Å². The Morgan fingerprint density at radius 2 is 1.67 bits per heavy atom. The maximum absolute atomic E-state index is 9.78. The van der Waals surface area contributed by atoms with Crippen molar-refractivity contribution in [1.82, 2.24) is 0 Å². The molecule has 0 radical (unpaired) electrons. The fraction of sp³-hybridized carbons (Fsp3) is 0.625. The van der Waals surface area contributed by atoms with E-state index in [0.29, 0.717) is 5.75 Å². The van der Waals surface area contributed by atoms with Crippen molar-refractivity contribution >= 4 is 12.6 Å². The topological polar surface area (TPSA) is 20.2 Å². The minimum atomic E-state index is 0.323. The van der Waals surface area contributed by atoms with Crippen LogP contribution in [0.4, 0.5) is 0 Å². The molecule has 0 atom stereocenters. The van der Waals surface area contributed by atoms with Gasteiger partial charge in [-0.15, -0.1) is 12.6 Å². The lowest BCUT2D eigenvalue weighted by Crippen LogP contribution is -1.97. The normalized spacial score (nSPS) is 10.8. The SMILES string of the molecule is CCCCCCc1c(CCCC)ccc(O)c1S. The lowest BCUT2D eigenvalue weighted by molar-refractivity contribution is 0.460. The predicted octanol–water partition coefficient (Wildman–Crippen LogP) is 5.15. The second kappa shape index (κ2) is 8.47. The van der Waals surface area contributed by atoms with E-state index in [2.05, 4.69) is 32.5 Å². The van der Waals surface area contributed by atoms with Gasteiger partial charge in [0.05, 0.1) is 0 Å². The zero-order chi connectivity index (χ0) is 13.4. The molecule has 0 heterocycles. The first kappa shape index (κ1) is 15.4. The van der Waals surface area contributed by atoms with E-state index in [-0.39, 0.29) is 0 Å². The highest BCUT2D eigenvalue weighted by molar-refractivity contribution is 7.80. The Hall–Kier alpha value is -0.630. The molecular formula is C16H26OS. The van der Waals surface area contributed by atoms with Crippen LogP contribution >= 0.6 is 12.6 Å². The molecule has 1 rings (SSSR count). The zero-order valence-corrected chi connectivity index (χ0v) is 12.6. The van der Waals surface area contributed by atoms with E-state index in [1.807, 2.05) is 0 Å². The van der Waals surface area contributed by atoms with Gasteiger partial charge in [-0.3, -0.25) is 0 Å². The first-order valence-corrected chi connectivity index (χ1v) is 7.68. The minimum Gasteiger partial charge on any atom is -0.507 e. The van der Waals surface area contributed by atoms with Gasteiger partial charge in [0, 0.05) is 4.90 Å². The van der Waals surface area contributed by atoms with Crippen LogP contribution < -0.4 is 0 Å². The Bertz CT molecular complexity index is 360. The van der Waals surface area contributed by atoms with Gasteiger partial charge in [-0.2, -0.15) is 0 Å². The minimum absolute atomic E-state index is 0.323. The Morgan fingerprint density at radius 3 is 2.33 bits per heavy atom. The molecule has 1 aromatic rings. The van der Waals surface area contributed by atoms with Crippen molar-refractivity contribution in [3.8, 4) is 5.75 Å². The maximum atomic E-state index is 9.78. The van der Waals surface area contributed by atoms with E-state index in [9.17, 15) is 5.11 Å². The van der Waals surface area contributed by atoms with Crippen molar-refractivity contribution in [2.75, 3.05) is 0 Å². The second-order valence-electron chi connectivity index (χ2n) is 4.99. The molecule has 0 bridgehead atoms. The molecule has 0 amide bonds. The van der Waals surface area contributed by atoms with Crippen molar-refractivity contribution < 1.29 is 5.11 Å². The molecule has 18 heavy (non-hydrogen) atoms. The number of thiol groups is 1. The summed E-state index contributed by atoms with van der Waals surface area (Å²) in [6.45, 7) is 4.44. The third-order valence-electron chi connectivity index (χ3n) is 3.44. The highest BCUT2D eigenvalue weighted by atomic mass is 32.1. The zero-order valence-electron chi connectivity index (χ0n) is 11.7. The summed E-state index contributed by atoms with van der Waals surface area (Å²) >= 11 is 4.48. The average molecular weight is 266 g/mol. The molecule has 0 aromatic heterocycles. The lowest BCUT2D eigenvalue weighted by Gasteiger charge is -2.13. The lowest BCUT2D eigenvalue weighted by atomic mass is 9.97. The van der Waals surface area contributed by atoms with Crippen LogP contribution in [-0.4, -0.2) is 5.11 Å². The predicted molar refractivity (Wildman–Crippen MR) is 81.8 cm³/mol. The fourth-order valence-corrected chi connectivity index (χ4v) is 2.60. The Kier molecular flexibility index (Phi) is 7.26. The van der Waals surface area contributed by atoms with Crippen molar-refractivity contribution in [3.63, 3.8) is 0 Å². The van der Waals surface area contributed by atoms with Crippen LogP contribution in [0.25, 0.3) is 0 Å². The molecule has 102 valence electrons. The van der Waals surface area contributed by atoms with E-state index in [0.717, 1.165) is 17.7 Å². The van der Waals surface area contributed by atoms with Gasteiger partial charge in [0.15, 0.2) is 0 Å². The van der Waals surface area contributed by atoms with Gasteiger partial charge in [0.1, 0.15) is 5.75 Å². The largest absolute Gasteiger partial charge is 0.507 e.